The highest BCUT2D eigenvalue weighted by Crippen LogP contribution is 2.26. The van der Waals surface area contributed by atoms with Crippen LogP contribution in [0, 0.1) is 6.92 Å². The molecule has 0 amide bonds. The molecular weight excluding hydrogens is 216 g/mol. The number of aromatic hydroxyl groups is 1. The second-order valence-electron chi connectivity index (χ2n) is 2.72. The molecule has 0 saturated heterocycles. The third-order valence-electron chi connectivity index (χ3n) is 1.72. The Morgan fingerprint density at radius 2 is 2.25 bits per heavy atom. The van der Waals surface area contributed by atoms with E-state index >= 15 is 0 Å². The van der Waals surface area contributed by atoms with Crippen LogP contribution in [0.3, 0.4) is 0 Å². The zero-order chi connectivity index (χ0) is 9.14. The van der Waals surface area contributed by atoms with Crippen LogP contribution in [-0.4, -0.2) is 5.11 Å². The lowest BCUT2D eigenvalue weighted by Crippen LogP contribution is -1.85. The van der Waals surface area contributed by atoms with Crippen molar-refractivity contribution in [3.8, 4) is 5.75 Å². The molecule has 1 N–H and O–H groups in total. The summed E-state index contributed by atoms with van der Waals surface area (Å²) in [5, 5.41) is 9.48. The standard InChI is InChI=1S/C10H11BrO/c1-3-4-8-6-9(11)7(2)5-10(8)12/h3,5-6,12H,1,4H2,2H3. The van der Waals surface area contributed by atoms with Gasteiger partial charge in [0.05, 0.1) is 0 Å². The van der Waals surface area contributed by atoms with Crippen molar-refractivity contribution in [2.24, 2.45) is 0 Å². The molecule has 0 aromatic heterocycles. The van der Waals surface area contributed by atoms with E-state index < -0.39 is 0 Å². The minimum Gasteiger partial charge on any atom is -0.508 e. The second-order valence-corrected chi connectivity index (χ2v) is 3.58. The fraction of sp³-hybridized carbons (Fsp3) is 0.200. The van der Waals surface area contributed by atoms with Gasteiger partial charge in [-0.3, -0.25) is 0 Å². The summed E-state index contributed by atoms with van der Waals surface area (Å²) in [4.78, 5) is 0. The number of phenolic OH excluding ortho intramolecular Hbond substituents is 1. The van der Waals surface area contributed by atoms with Gasteiger partial charge in [-0.05, 0) is 36.6 Å². The van der Waals surface area contributed by atoms with Crippen LogP contribution in [0.25, 0.3) is 0 Å². The van der Waals surface area contributed by atoms with E-state index in [1.54, 1.807) is 12.1 Å². The van der Waals surface area contributed by atoms with E-state index in [9.17, 15) is 5.11 Å². The maximum absolute atomic E-state index is 9.48. The van der Waals surface area contributed by atoms with Crippen molar-refractivity contribution in [2.45, 2.75) is 13.3 Å². The largest absolute Gasteiger partial charge is 0.508 e. The third-order valence-corrected chi connectivity index (χ3v) is 2.58. The molecule has 0 spiro atoms. The lowest BCUT2D eigenvalue weighted by Gasteiger charge is -2.04. The number of phenols is 1. The second kappa shape index (κ2) is 3.76. The van der Waals surface area contributed by atoms with E-state index in [4.69, 9.17) is 0 Å². The van der Waals surface area contributed by atoms with E-state index in [1.807, 2.05) is 13.0 Å². The molecule has 0 radical (unpaired) electrons. The van der Waals surface area contributed by atoms with E-state index in [2.05, 4.69) is 22.5 Å². The summed E-state index contributed by atoms with van der Waals surface area (Å²) in [5.74, 6) is 0.343. The van der Waals surface area contributed by atoms with Gasteiger partial charge in [0, 0.05) is 4.47 Å². The molecule has 0 aliphatic heterocycles. The molecule has 1 rings (SSSR count). The number of aryl methyl sites for hydroxylation is 1. The van der Waals surface area contributed by atoms with Gasteiger partial charge < -0.3 is 5.11 Å². The van der Waals surface area contributed by atoms with Gasteiger partial charge >= 0.3 is 0 Å². The Hall–Kier alpha value is -0.760. The molecule has 0 unspecified atom stereocenters. The number of hydrogen-bond donors (Lipinski definition) is 1. The molecule has 0 heterocycles. The molecule has 0 aliphatic rings. The SMILES string of the molecule is C=CCc1cc(Br)c(C)cc1O. The maximum atomic E-state index is 9.48. The average molecular weight is 227 g/mol. The Morgan fingerprint density at radius 1 is 1.58 bits per heavy atom. The summed E-state index contributed by atoms with van der Waals surface area (Å²) in [7, 11) is 0. The summed E-state index contributed by atoms with van der Waals surface area (Å²) in [5.41, 5.74) is 1.95. The molecule has 12 heavy (non-hydrogen) atoms. The normalized spacial score (nSPS) is 9.83. The van der Waals surface area contributed by atoms with Crippen LogP contribution in [0.4, 0.5) is 0 Å². The van der Waals surface area contributed by atoms with Crippen LogP contribution in [0.1, 0.15) is 11.1 Å². The average Bonchev–Trinajstić information content (AvgIpc) is 2.01. The van der Waals surface area contributed by atoms with Gasteiger partial charge in [0.2, 0.25) is 0 Å². The van der Waals surface area contributed by atoms with Gasteiger partial charge in [-0.25, -0.2) is 0 Å². The van der Waals surface area contributed by atoms with Gasteiger partial charge in [-0.15, -0.1) is 6.58 Å². The fourth-order valence-corrected chi connectivity index (χ4v) is 1.42. The van der Waals surface area contributed by atoms with Crippen molar-refractivity contribution in [2.75, 3.05) is 0 Å². The van der Waals surface area contributed by atoms with Gasteiger partial charge in [0.1, 0.15) is 5.75 Å². The Labute approximate surface area is 80.9 Å². The number of rotatable bonds is 2. The van der Waals surface area contributed by atoms with E-state index in [1.165, 1.54) is 0 Å². The van der Waals surface area contributed by atoms with Crippen molar-refractivity contribution in [3.05, 3.63) is 40.4 Å². The number of allylic oxidation sites excluding steroid dienone is 1. The molecule has 0 saturated carbocycles. The molecule has 2 heteroatoms. The summed E-state index contributed by atoms with van der Waals surface area (Å²) in [6, 6.07) is 3.68. The smallest absolute Gasteiger partial charge is 0.119 e. The highest BCUT2D eigenvalue weighted by Gasteiger charge is 2.02. The van der Waals surface area contributed by atoms with Crippen molar-refractivity contribution >= 4 is 15.9 Å². The highest BCUT2D eigenvalue weighted by atomic mass is 79.9. The fourth-order valence-electron chi connectivity index (χ4n) is 1.03. The Kier molecular flexibility index (Phi) is 2.93. The third kappa shape index (κ3) is 1.89. The Balaban J connectivity index is 3.13. The number of benzene rings is 1. The first-order chi connectivity index (χ1) is 5.65. The number of hydrogen-bond acceptors (Lipinski definition) is 1. The minimum absolute atomic E-state index is 0.343. The Bertz CT molecular complexity index is 305. The number of halogens is 1. The van der Waals surface area contributed by atoms with Crippen molar-refractivity contribution in [1.82, 2.24) is 0 Å². The summed E-state index contributed by atoms with van der Waals surface area (Å²) < 4.78 is 1.03. The monoisotopic (exact) mass is 226 g/mol. The summed E-state index contributed by atoms with van der Waals surface area (Å²) in [6.07, 6.45) is 2.47. The molecule has 0 fully saturated rings. The maximum Gasteiger partial charge on any atom is 0.119 e. The van der Waals surface area contributed by atoms with E-state index in [-0.39, 0.29) is 0 Å². The van der Waals surface area contributed by atoms with Crippen LogP contribution >= 0.6 is 15.9 Å². The molecule has 1 aromatic rings. The van der Waals surface area contributed by atoms with Gasteiger partial charge in [-0.2, -0.15) is 0 Å². The predicted molar refractivity (Wildman–Crippen MR) is 54.4 cm³/mol. The van der Waals surface area contributed by atoms with Crippen molar-refractivity contribution in [3.63, 3.8) is 0 Å². The molecule has 0 atom stereocenters. The molecule has 0 bridgehead atoms. The molecule has 64 valence electrons. The first-order valence-electron chi connectivity index (χ1n) is 3.74. The van der Waals surface area contributed by atoms with Crippen LogP contribution in [-0.2, 0) is 6.42 Å². The summed E-state index contributed by atoms with van der Waals surface area (Å²) >= 11 is 3.40. The van der Waals surface area contributed by atoms with Crippen molar-refractivity contribution < 1.29 is 5.11 Å². The van der Waals surface area contributed by atoms with Crippen LogP contribution in [0.5, 0.6) is 5.75 Å². The van der Waals surface area contributed by atoms with Crippen LogP contribution in [0.2, 0.25) is 0 Å². The highest BCUT2D eigenvalue weighted by molar-refractivity contribution is 9.10. The van der Waals surface area contributed by atoms with Gasteiger partial charge in [0.15, 0.2) is 0 Å². The lowest BCUT2D eigenvalue weighted by atomic mass is 10.1. The van der Waals surface area contributed by atoms with Gasteiger partial charge in [-0.1, -0.05) is 22.0 Å². The zero-order valence-electron chi connectivity index (χ0n) is 6.97. The molecule has 1 nitrogen and oxygen atoms in total. The molecular formula is C10H11BrO. The summed E-state index contributed by atoms with van der Waals surface area (Å²) in [6.45, 7) is 5.57. The quantitative estimate of drug-likeness (QED) is 0.769. The first-order valence-corrected chi connectivity index (χ1v) is 4.53. The Morgan fingerprint density at radius 3 is 2.83 bits per heavy atom. The lowest BCUT2D eigenvalue weighted by molar-refractivity contribution is 0.469. The van der Waals surface area contributed by atoms with E-state index in [0.29, 0.717) is 12.2 Å². The van der Waals surface area contributed by atoms with Crippen LogP contribution in [0.15, 0.2) is 29.3 Å². The zero-order valence-corrected chi connectivity index (χ0v) is 8.56. The molecule has 0 aliphatic carbocycles. The topological polar surface area (TPSA) is 20.2 Å². The van der Waals surface area contributed by atoms with Gasteiger partial charge in [0.25, 0.3) is 0 Å². The van der Waals surface area contributed by atoms with Crippen LogP contribution < -0.4 is 0 Å². The first kappa shape index (κ1) is 9.33. The predicted octanol–water partition coefficient (Wildman–Crippen LogP) is 3.19. The molecule has 1 aromatic carbocycles. The van der Waals surface area contributed by atoms with Crippen molar-refractivity contribution in [1.29, 1.82) is 0 Å². The van der Waals surface area contributed by atoms with E-state index in [0.717, 1.165) is 15.6 Å². The minimum atomic E-state index is 0.343.